The Kier molecular flexibility index (Phi) is 7.03. The van der Waals surface area contributed by atoms with Crippen LogP contribution >= 0.6 is 15.9 Å². The van der Waals surface area contributed by atoms with E-state index in [1.54, 1.807) is 13.0 Å². The topological polar surface area (TPSA) is 59.9 Å². The molecule has 0 spiro atoms. The zero-order valence-corrected chi connectivity index (χ0v) is 17.6. The Balaban J connectivity index is 1.62. The number of hydrogen-bond donors (Lipinski definition) is 1. The van der Waals surface area contributed by atoms with Crippen molar-refractivity contribution in [2.24, 2.45) is 5.10 Å². The van der Waals surface area contributed by atoms with E-state index < -0.39 is 6.10 Å². The summed E-state index contributed by atoms with van der Waals surface area (Å²) in [6.07, 6.45) is 2.49. The largest absolute Gasteiger partial charge is 0.489 e. The van der Waals surface area contributed by atoms with Crippen LogP contribution in [0.2, 0.25) is 0 Å². The quantitative estimate of drug-likeness (QED) is 0.294. The van der Waals surface area contributed by atoms with E-state index in [1.807, 2.05) is 60.7 Å². The van der Waals surface area contributed by atoms with Crippen LogP contribution < -0.4 is 14.9 Å². The molecule has 0 saturated carbocycles. The minimum atomic E-state index is -0.702. The highest BCUT2D eigenvalue weighted by atomic mass is 79.9. The molecule has 3 rings (SSSR count). The van der Waals surface area contributed by atoms with Crippen molar-refractivity contribution < 1.29 is 14.3 Å². The van der Waals surface area contributed by atoms with Gasteiger partial charge < -0.3 is 9.47 Å². The van der Waals surface area contributed by atoms with Crippen molar-refractivity contribution in [3.8, 4) is 11.5 Å². The van der Waals surface area contributed by atoms with Gasteiger partial charge in [-0.1, -0.05) is 58.9 Å². The highest BCUT2D eigenvalue weighted by Gasteiger charge is 2.14. The van der Waals surface area contributed by atoms with Crippen molar-refractivity contribution in [1.82, 2.24) is 5.43 Å². The molecule has 0 saturated heterocycles. The van der Waals surface area contributed by atoms with Gasteiger partial charge >= 0.3 is 0 Å². The number of hydrazone groups is 1. The molecular formula is C23H21BrN2O3. The summed E-state index contributed by atoms with van der Waals surface area (Å²) in [6.45, 7) is 5.70. The average Bonchev–Trinajstić information content (AvgIpc) is 2.73. The van der Waals surface area contributed by atoms with Gasteiger partial charge in [0.15, 0.2) is 6.10 Å². The van der Waals surface area contributed by atoms with Crippen LogP contribution in [0.4, 0.5) is 0 Å². The highest BCUT2D eigenvalue weighted by molar-refractivity contribution is 9.10. The van der Waals surface area contributed by atoms with E-state index in [0.717, 1.165) is 20.8 Å². The first-order chi connectivity index (χ1) is 14.1. The Morgan fingerprint density at radius 2 is 1.97 bits per heavy atom. The molecular weight excluding hydrogens is 432 g/mol. The van der Waals surface area contributed by atoms with E-state index in [1.165, 1.54) is 6.21 Å². The van der Waals surface area contributed by atoms with Crippen LogP contribution in [0.1, 0.15) is 12.5 Å². The fourth-order valence-corrected chi connectivity index (χ4v) is 3.03. The lowest BCUT2D eigenvalue weighted by molar-refractivity contribution is -0.127. The number of amides is 1. The van der Waals surface area contributed by atoms with Gasteiger partial charge in [0.1, 0.15) is 18.1 Å². The first-order valence-electron chi connectivity index (χ1n) is 9.08. The summed E-state index contributed by atoms with van der Waals surface area (Å²) in [7, 11) is 0. The monoisotopic (exact) mass is 452 g/mol. The van der Waals surface area contributed by atoms with Crippen LogP contribution in [0.3, 0.4) is 0 Å². The van der Waals surface area contributed by atoms with Crippen LogP contribution in [0.15, 0.2) is 82.9 Å². The standard InChI is InChI=1S/C23H21BrN2O3/c1-3-12-28-22-11-9-20(24)13-19(22)15-25-26-23(27)16(2)29-21-10-8-17-6-4-5-7-18(17)14-21/h3-11,13-16H,1,12H2,2H3,(H,26,27)/b25-15-/t16-/m1/s1. The lowest BCUT2D eigenvalue weighted by Crippen LogP contribution is -2.33. The molecule has 0 unspecified atom stereocenters. The molecule has 29 heavy (non-hydrogen) atoms. The lowest BCUT2D eigenvalue weighted by Gasteiger charge is -2.13. The first-order valence-corrected chi connectivity index (χ1v) is 9.88. The van der Waals surface area contributed by atoms with E-state index >= 15 is 0 Å². The molecule has 0 heterocycles. The Bertz CT molecular complexity index is 1050. The number of nitrogens with one attached hydrogen (secondary N) is 1. The summed E-state index contributed by atoms with van der Waals surface area (Å²) < 4.78 is 12.2. The smallest absolute Gasteiger partial charge is 0.280 e. The molecule has 3 aromatic carbocycles. The average molecular weight is 453 g/mol. The van der Waals surface area contributed by atoms with Crippen molar-refractivity contribution in [3.63, 3.8) is 0 Å². The second-order valence-electron chi connectivity index (χ2n) is 6.29. The van der Waals surface area contributed by atoms with E-state index in [4.69, 9.17) is 9.47 Å². The van der Waals surface area contributed by atoms with Gasteiger partial charge in [-0.2, -0.15) is 5.10 Å². The van der Waals surface area contributed by atoms with Crippen LogP contribution in [-0.2, 0) is 4.79 Å². The molecule has 0 bridgehead atoms. The minimum Gasteiger partial charge on any atom is -0.489 e. The minimum absolute atomic E-state index is 0.349. The van der Waals surface area contributed by atoms with Gasteiger partial charge in [0.2, 0.25) is 0 Å². The van der Waals surface area contributed by atoms with Crippen molar-refractivity contribution in [2.45, 2.75) is 13.0 Å². The molecule has 0 aliphatic heterocycles. The molecule has 0 aliphatic rings. The summed E-state index contributed by atoms with van der Waals surface area (Å²) in [4.78, 5) is 12.3. The highest BCUT2D eigenvalue weighted by Crippen LogP contribution is 2.22. The fourth-order valence-electron chi connectivity index (χ4n) is 2.66. The summed E-state index contributed by atoms with van der Waals surface area (Å²) in [6, 6.07) is 19.2. The molecule has 148 valence electrons. The summed E-state index contributed by atoms with van der Waals surface area (Å²) in [5.41, 5.74) is 3.23. The second-order valence-corrected chi connectivity index (χ2v) is 7.20. The van der Waals surface area contributed by atoms with Crippen molar-refractivity contribution in [3.05, 3.63) is 83.4 Å². The van der Waals surface area contributed by atoms with E-state index in [-0.39, 0.29) is 5.91 Å². The van der Waals surface area contributed by atoms with Crippen molar-refractivity contribution in [1.29, 1.82) is 0 Å². The van der Waals surface area contributed by atoms with Crippen molar-refractivity contribution >= 4 is 38.8 Å². The molecule has 6 heteroatoms. The lowest BCUT2D eigenvalue weighted by atomic mass is 10.1. The van der Waals surface area contributed by atoms with Gasteiger partial charge in [0.25, 0.3) is 5.91 Å². The Morgan fingerprint density at radius 1 is 1.17 bits per heavy atom. The molecule has 5 nitrogen and oxygen atoms in total. The third kappa shape index (κ3) is 5.68. The van der Waals surface area contributed by atoms with Crippen LogP contribution in [0, 0.1) is 0 Å². The van der Waals surface area contributed by atoms with Crippen LogP contribution in [0.25, 0.3) is 10.8 Å². The molecule has 0 radical (unpaired) electrons. The van der Waals surface area contributed by atoms with Crippen LogP contribution in [0.5, 0.6) is 11.5 Å². The molecule has 1 amide bonds. The normalized spacial score (nSPS) is 11.9. The number of ether oxygens (including phenoxy) is 2. The maximum absolute atomic E-state index is 12.3. The van der Waals surface area contributed by atoms with Gasteiger partial charge in [-0.05, 0) is 48.0 Å². The van der Waals surface area contributed by atoms with Gasteiger partial charge in [0.05, 0.1) is 6.21 Å². The number of fused-ring (bicyclic) bond motifs is 1. The fraction of sp³-hybridized carbons (Fsp3) is 0.130. The molecule has 1 atom stereocenters. The number of carbonyl (C=O) groups excluding carboxylic acids is 1. The number of benzene rings is 3. The zero-order chi connectivity index (χ0) is 20.6. The molecule has 1 N–H and O–H groups in total. The van der Waals surface area contributed by atoms with Crippen LogP contribution in [-0.4, -0.2) is 24.8 Å². The van der Waals surface area contributed by atoms with Gasteiger partial charge in [-0.15, -0.1) is 0 Å². The number of hydrogen-bond acceptors (Lipinski definition) is 4. The van der Waals surface area contributed by atoms with E-state index in [9.17, 15) is 4.79 Å². The molecule has 0 fully saturated rings. The third-order valence-corrected chi connectivity index (χ3v) is 4.60. The van der Waals surface area contributed by atoms with Crippen molar-refractivity contribution in [2.75, 3.05) is 6.61 Å². The van der Waals surface area contributed by atoms with E-state index in [0.29, 0.717) is 18.1 Å². The third-order valence-electron chi connectivity index (χ3n) is 4.11. The Hall–Kier alpha value is -3.12. The number of rotatable bonds is 8. The van der Waals surface area contributed by atoms with Gasteiger partial charge in [0, 0.05) is 10.0 Å². The SMILES string of the molecule is C=CCOc1ccc(Br)cc1/C=N\NC(=O)[C@@H](C)Oc1ccc2ccccc2c1. The summed E-state index contributed by atoms with van der Waals surface area (Å²) in [5, 5.41) is 6.20. The first kappa shape index (κ1) is 20.6. The molecule has 3 aromatic rings. The maximum Gasteiger partial charge on any atom is 0.280 e. The summed E-state index contributed by atoms with van der Waals surface area (Å²) >= 11 is 3.42. The van der Waals surface area contributed by atoms with Gasteiger partial charge in [-0.25, -0.2) is 5.43 Å². The predicted octanol–water partition coefficient (Wildman–Crippen LogP) is 5.08. The zero-order valence-electron chi connectivity index (χ0n) is 16.0. The predicted molar refractivity (Wildman–Crippen MR) is 120 cm³/mol. The number of nitrogens with zero attached hydrogens (tertiary/aromatic N) is 1. The second kappa shape index (κ2) is 9.89. The molecule has 0 aliphatic carbocycles. The Morgan fingerprint density at radius 3 is 2.76 bits per heavy atom. The maximum atomic E-state index is 12.3. The number of halogens is 1. The Labute approximate surface area is 178 Å². The van der Waals surface area contributed by atoms with Gasteiger partial charge in [-0.3, -0.25) is 4.79 Å². The molecule has 0 aromatic heterocycles. The number of carbonyl (C=O) groups is 1. The summed E-state index contributed by atoms with van der Waals surface area (Å²) in [5.74, 6) is 0.923. The van der Waals surface area contributed by atoms with E-state index in [2.05, 4.69) is 33.0 Å².